The fourth-order valence-corrected chi connectivity index (χ4v) is 1.75. The number of ether oxygens (including phenoxy) is 7. The van der Waals surface area contributed by atoms with Crippen molar-refractivity contribution in [3.05, 3.63) is 12.7 Å². The van der Waals surface area contributed by atoms with E-state index in [1.807, 2.05) is 0 Å². The molecule has 8 nitrogen and oxygen atoms in total. The highest BCUT2D eigenvalue weighted by Gasteiger charge is 1.96. The van der Waals surface area contributed by atoms with Gasteiger partial charge in [-0.25, -0.2) is 4.79 Å². The van der Waals surface area contributed by atoms with Gasteiger partial charge in [-0.15, -0.1) is 0 Å². The summed E-state index contributed by atoms with van der Waals surface area (Å²) in [5, 5.41) is 0.837. The highest BCUT2D eigenvalue weighted by atomic mass is 79.9. The first-order valence-corrected chi connectivity index (χ1v) is 9.75. The van der Waals surface area contributed by atoms with E-state index < -0.39 is 5.97 Å². The molecule has 0 aliphatic rings. The van der Waals surface area contributed by atoms with Crippen LogP contribution in [0, 0.1) is 0 Å². The molecule has 0 aromatic heterocycles. The molecule has 0 rings (SSSR count). The molecule has 26 heavy (non-hydrogen) atoms. The Hall–Kier alpha value is -0.550. The van der Waals surface area contributed by atoms with Crippen LogP contribution in [0.3, 0.4) is 0 Å². The van der Waals surface area contributed by atoms with Gasteiger partial charge in [0, 0.05) is 11.4 Å². The highest BCUT2D eigenvalue weighted by Crippen LogP contribution is 1.86. The van der Waals surface area contributed by atoms with Gasteiger partial charge in [-0.2, -0.15) is 0 Å². The topological polar surface area (TPSA) is 81.7 Å². The molecule has 0 spiro atoms. The van der Waals surface area contributed by atoms with E-state index in [1.54, 1.807) is 0 Å². The summed E-state index contributed by atoms with van der Waals surface area (Å²) in [6.45, 7) is 9.75. The second-order valence-corrected chi connectivity index (χ2v) is 5.53. The molecule has 0 heterocycles. The van der Waals surface area contributed by atoms with Crippen LogP contribution in [0.1, 0.15) is 0 Å². The van der Waals surface area contributed by atoms with Crippen LogP contribution in [0.15, 0.2) is 12.7 Å². The van der Waals surface area contributed by atoms with Crippen molar-refractivity contribution in [2.24, 2.45) is 0 Å². The normalized spacial score (nSPS) is 10.8. The molecule has 0 saturated carbocycles. The zero-order valence-electron chi connectivity index (χ0n) is 15.3. The molecule has 0 N–H and O–H groups in total. The zero-order valence-corrected chi connectivity index (χ0v) is 16.9. The molecular formula is C17H31BrO8. The molecule has 0 radical (unpaired) electrons. The van der Waals surface area contributed by atoms with Gasteiger partial charge in [-0.1, -0.05) is 22.5 Å². The van der Waals surface area contributed by atoms with E-state index in [-0.39, 0.29) is 6.61 Å². The Bertz CT molecular complexity index is 317. The predicted octanol–water partition coefficient (Wildman–Crippen LogP) is 1.21. The van der Waals surface area contributed by atoms with Crippen LogP contribution in [0.2, 0.25) is 0 Å². The first-order valence-electron chi connectivity index (χ1n) is 8.63. The summed E-state index contributed by atoms with van der Waals surface area (Å²) >= 11 is 3.28. The Labute approximate surface area is 164 Å². The van der Waals surface area contributed by atoms with E-state index in [1.165, 1.54) is 0 Å². The molecule has 0 amide bonds. The Morgan fingerprint density at radius 1 is 0.615 bits per heavy atom. The van der Waals surface area contributed by atoms with Gasteiger partial charge < -0.3 is 33.2 Å². The van der Waals surface area contributed by atoms with Crippen molar-refractivity contribution in [1.82, 2.24) is 0 Å². The summed E-state index contributed by atoms with van der Waals surface area (Å²) < 4.78 is 36.6. The quantitative estimate of drug-likeness (QED) is 0.113. The van der Waals surface area contributed by atoms with Crippen LogP contribution in [-0.2, 0) is 38.0 Å². The van der Waals surface area contributed by atoms with Crippen LogP contribution >= 0.6 is 15.9 Å². The molecule has 0 unspecified atom stereocenters. The van der Waals surface area contributed by atoms with Crippen molar-refractivity contribution >= 4 is 21.9 Å². The van der Waals surface area contributed by atoms with Crippen molar-refractivity contribution in [3.63, 3.8) is 0 Å². The molecule has 9 heteroatoms. The SMILES string of the molecule is C=CC(=O)OCCOCCOCCOCCOCCOCCOCCBr. The summed E-state index contributed by atoms with van der Waals surface area (Å²) in [5.74, 6) is -0.450. The standard InChI is InChI=1S/C17H31BrO8/c1-2-17(19)26-16-15-25-14-13-24-12-11-23-10-9-22-8-7-21-6-5-20-4-3-18/h2H,1,3-16H2. The Morgan fingerprint density at radius 3 is 1.23 bits per heavy atom. The van der Waals surface area contributed by atoms with E-state index in [2.05, 4.69) is 22.5 Å². The lowest BCUT2D eigenvalue weighted by atomic mass is 10.6. The Morgan fingerprint density at radius 2 is 0.923 bits per heavy atom. The average Bonchev–Trinajstić information content (AvgIpc) is 2.66. The van der Waals surface area contributed by atoms with Gasteiger partial charge in [0.1, 0.15) is 6.61 Å². The number of carbonyl (C=O) groups is 1. The number of hydrogen-bond acceptors (Lipinski definition) is 8. The third-order valence-corrected chi connectivity index (χ3v) is 3.04. The van der Waals surface area contributed by atoms with E-state index in [0.717, 1.165) is 11.4 Å². The summed E-state index contributed by atoms with van der Waals surface area (Å²) in [6.07, 6.45) is 1.12. The first-order chi connectivity index (χ1) is 12.8. The third kappa shape index (κ3) is 21.5. The van der Waals surface area contributed by atoms with E-state index in [9.17, 15) is 4.79 Å². The maximum Gasteiger partial charge on any atom is 0.330 e. The largest absolute Gasteiger partial charge is 0.460 e. The van der Waals surface area contributed by atoms with Crippen LogP contribution in [0.25, 0.3) is 0 Å². The minimum Gasteiger partial charge on any atom is -0.460 e. The monoisotopic (exact) mass is 442 g/mol. The minimum absolute atomic E-state index is 0.212. The molecule has 0 aromatic rings. The van der Waals surface area contributed by atoms with Crippen molar-refractivity contribution in [1.29, 1.82) is 0 Å². The summed E-state index contributed by atoms with van der Waals surface area (Å²) in [5.41, 5.74) is 0. The van der Waals surface area contributed by atoms with Crippen LogP contribution in [0.5, 0.6) is 0 Å². The predicted molar refractivity (Wildman–Crippen MR) is 99.9 cm³/mol. The van der Waals surface area contributed by atoms with E-state index in [0.29, 0.717) is 79.3 Å². The number of alkyl halides is 1. The van der Waals surface area contributed by atoms with E-state index >= 15 is 0 Å². The molecule has 0 bridgehead atoms. The lowest BCUT2D eigenvalue weighted by Gasteiger charge is -2.08. The van der Waals surface area contributed by atoms with Gasteiger partial charge in [0.25, 0.3) is 0 Å². The number of hydrogen-bond donors (Lipinski definition) is 0. The molecule has 0 aliphatic carbocycles. The van der Waals surface area contributed by atoms with Gasteiger partial charge >= 0.3 is 5.97 Å². The minimum atomic E-state index is -0.450. The van der Waals surface area contributed by atoms with Crippen molar-refractivity contribution in [2.75, 3.05) is 91.2 Å². The molecule has 0 saturated heterocycles. The Kier molecular flexibility index (Phi) is 22.0. The number of esters is 1. The molecular weight excluding hydrogens is 412 g/mol. The van der Waals surface area contributed by atoms with Gasteiger partial charge in [0.15, 0.2) is 0 Å². The second kappa shape index (κ2) is 22.5. The van der Waals surface area contributed by atoms with Crippen molar-refractivity contribution < 1.29 is 38.0 Å². The Balaban J connectivity index is 3.01. The molecule has 0 aromatic carbocycles. The number of halogens is 1. The maximum atomic E-state index is 10.7. The number of rotatable bonds is 21. The summed E-state index contributed by atoms with van der Waals surface area (Å²) in [7, 11) is 0. The third-order valence-electron chi connectivity index (χ3n) is 2.72. The highest BCUT2D eigenvalue weighted by molar-refractivity contribution is 9.09. The smallest absolute Gasteiger partial charge is 0.330 e. The van der Waals surface area contributed by atoms with Crippen LogP contribution in [0.4, 0.5) is 0 Å². The first kappa shape index (κ1) is 25.4. The van der Waals surface area contributed by atoms with Crippen LogP contribution in [-0.4, -0.2) is 97.2 Å². The fraction of sp³-hybridized carbons (Fsp3) is 0.824. The van der Waals surface area contributed by atoms with Crippen molar-refractivity contribution in [3.8, 4) is 0 Å². The average molecular weight is 443 g/mol. The molecule has 0 atom stereocenters. The summed E-state index contributed by atoms with van der Waals surface area (Å²) in [6, 6.07) is 0. The maximum absolute atomic E-state index is 10.7. The van der Waals surface area contributed by atoms with E-state index in [4.69, 9.17) is 33.2 Å². The van der Waals surface area contributed by atoms with Gasteiger partial charge in [0.2, 0.25) is 0 Å². The summed E-state index contributed by atoms with van der Waals surface area (Å²) in [4.78, 5) is 10.7. The van der Waals surface area contributed by atoms with Gasteiger partial charge in [-0.3, -0.25) is 0 Å². The molecule has 154 valence electrons. The zero-order chi connectivity index (χ0) is 19.1. The molecule has 0 aliphatic heterocycles. The van der Waals surface area contributed by atoms with Gasteiger partial charge in [0.05, 0.1) is 79.3 Å². The lowest BCUT2D eigenvalue weighted by molar-refractivity contribution is -0.139. The molecule has 0 fully saturated rings. The second-order valence-electron chi connectivity index (χ2n) is 4.73. The van der Waals surface area contributed by atoms with Gasteiger partial charge in [-0.05, 0) is 0 Å². The lowest BCUT2D eigenvalue weighted by Crippen LogP contribution is -2.15. The van der Waals surface area contributed by atoms with Crippen LogP contribution < -0.4 is 0 Å². The van der Waals surface area contributed by atoms with Crippen molar-refractivity contribution in [2.45, 2.75) is 0 Å². The fourth-order valence-electron chi connectivity index (χ4n) is 1.52. The number of carbonyl (C=O) groups excluding carboxylic acids is 1.